The summed E-state index contributed by atoms with van der Waals surface area (Å²) >= 11 is 0. The highest BCUT2D eigenvalue weighted by Gasteiger charge is 2.32. The van der Waals surface area contributed by atoms with Gasteiger partial charge in [-0.2, -0.15) is 0 Å². The summed E-state index contributed by atoms with van der Waals surface area (Å²) in [7, 11) is 1.85. The van der Waals surface area contributed by atoms with Gasteiger partial charge in [-0.05, 0) is 56.1 Å². The Morgan fingerprint density at radius 1 is 0.973 bits per heavy atom. The van der Waals surface area contributed by atoms with Gasteiger partial charge in [0.15, 0.2) is 0 Å². The molecule has 1 saturated carbocycles. The molecule has 37 heavy (non-hydrogen) atoms. The molecule has 1 aliphatic carbocycles. The maximum Gasteiger partial charge on any atom is 0.0468 e. The second kappa shape index (κ2) is 21.6. The molecular formula is C33H60N4. The summed E-state index contributed by atoms with van der Waals surface area (Å²) in [5, 5.41) is 0. The fraction of sp³-hybridized carbons (Fsp3) is 0.606. The maximum atomic E-state index is 6.53. The van der Waals surface area contributed by atoms with E-state index in [0.29, 0.717) is 5.92 Å². The Morgan fingerprint density at radius 3 is 1.81 bits per heavy atom. The number of hydrogen-bond donors (Lipinski definition) is 2. The molecular weight excluding hydrogens is 452 g/mol. The van der Waals surface area contributed by atoms with Gasteiger partial charge in [0.1, 0.15) is 0 Å². The number of nitrogens with two attached hydrogens (primary N) is 2. The van der Waals surface area contributed by atoms with Crippen molar-refractivity contribution in [2.75, 3.05) is 20.1 Å². The van der Waals surface area contributed by atoms with Gasteiger partial charge in [0.2, 0.25) is 0 Å². The summed E-state index contributed by atoms with van der Waals surface area (Å²) in [5.41, 5.74) is 20.0. The van der Waals surface area contributed by atoms with Gasteiger partial charge < -0.3 is 16.4 Å². The smallest absolute Gasteiger partial charge is 0.0468 e. The minimum Gasteiger partial charge on any atom is -0.402 e. The zero-order valence-electron chi connectivity index (χ0n) is 26.2. The first kappa shape index (κ1) is 36.7. The molecule has 0 spiro atoms. The fourth-order valence-corrected chi connectivity index (χ4v) is 4.17. The third kappa shape index (κ3) is 12.5. The summed E-state index contributed by atoms with van der Waals surface area (Å²) in [6.45, 7) is 26.9. The fourth-order valence-electron chi connectivity index (χ4n) is 4.17. The van der Waals surface area contributed by atoms with Crippen molar-refractivity contribution in [1.29, 1.82) is 0 Å². The largest absolute Gasteiger partial charge is 0.402 e. The SMILES string of the molecule is C=C(CC)N1CCCC1.CC.CC.CC.CN=C(C(/C(=C(\N)c1ccccc1)C(C)C)=C(\C)N)C1CC1. The van der Waals surface area contributed by atoms with Crippen LogP contribution in [0.3, 0.4) is 0 Å². The number of benzene rings is 1. The van der Waals surface area contributed by atoms with Crippen molar-refractivity contribution in [2.24, 2.45) is 28.3 Å². The lowest BCUT2D eigenvalue weighted by Gasteiger charge is -2.22. The second-order valence-corrected chi connectivity index (χ2v) is 8.90. The molecule has 4 heteroatoms. The predicted octanol–water partition coefficient (Wildman–Crippen LogP) is 8.81. The van der Waals surface area contributed by atoms with Crippen LogP contribution in [-0.4, -0.2) is 30.7 Å². The highest BCUT2D eigenvalue weighted by Crippen LogP contribution is 2.38. The van der Waals surface area contributed by atoms with Gasteiger partial charge in [0.05, 0.1) is 0 Å². The predicted molar refractivity (Wildman–Crippen MR) is 170 cm³/mol. The van der Waals surface area contributed by atoms with Crippen molar-refractivity contribution < 1.29 is 0 Å². The highest BCUT2D eigenvalue weighted by molar-refractivity contribution is 6.08. The quantitative estimate of drug-likeness (QED) is 0.283. The molecule has 2 aliphatic rings. The molecule has 4 nitrogen and oxygen atoms in total. The average Bonchev–Trinajstić information content (AvgIpc) is 3.63. The Labute approximate surface area is 231 Å². The van der Waals surface area contributed by atoms with Crippen LogP contribution in [0.25, 0.3) is 5.70 Å². The number of aliphatic imine (C=N–C) groups is 1. The van der Waals surface area contributed by atoms with Crippen LogP contribution in [0.1, 0.15) is 107 Å². The zero-order valence-corrected chi connectivity index (χ0v) is 26.2. The Morgan fingerprint density at radius 2 is 1.46 bits per heavy atom. The highest BCUT2D eigenvalue weighted by atomic mass is 15.1. The molecule has 0 bridgehead atoms. The van der Waals surface area contributed by atoms with Gasteiger partial charge >= 0.3 is 0 Å². The number of rotatable bonds is 7. The van der Waals surface area contributed by atoms with Crippen LogP contribution in [0.2, 0.25) is 0 Å². The van der Waals surface area contributed by atoms with Gasteiger partial charge in [-0.15, -0.1) is 0 Å². The zero-order chi connectivity index (χ0) is 29.0. The van der Waals surface area contributed by atoms with E-state index in [4.69, 9.17) is 11.5 Å². The van der Waals surface area contributed by atoms with Gasteiger partial charge in [0, 0.05) is 54.4 Å². The number of likely N-dealkylation sites (tertiary alicyclic amines) is 1. The lowest BCUT2D eigenvalue weighted by molar-refractivity contribution is 0.415. The third-order valence-electron chi connectivity index (χ3n) is 6.04. The summed E-state index contributed by atoms with van der Waals surface area (Å²) in [6.07, 6.45) is 6.22. The van der Waals surface area contributed by atoms with Crippen LogP contribution in [0.5, 0.6) is 0 Å². The van der Waals surface area contributed by atoms with Crippen molar-refractivity contribution in [2.45, 2.75) is 101 Å². The Bertz CT molecular complexity index is 817. The lowest BCUT2D eigenvalue weighted by Crippen LogP contribution is -2.19. The lowest BCUT2D eigenvalue weighted by atomic mass is 9.86. The van der Waals surface area contributed by atoms with Crippen molar-refractivity contribution in [3.8, 4) is 0 Å². The Kier molecular flexibility index (Phi) is 21.4. The normalized spacial score (nSPS) is 15.8. The second-order valence-electron chi connectivity index (χ2n) is 8.90. The van der Waals surface area contributed by atoms with Gasteiger partial charge in [-0.25, -0.2) is 0 Å². The van der Waals surface area contributed by atoms with E-state index < -0.39 is 0 Å². The molecule has 1 aromatic rings. The van der Waals surface area contributed by atoms with E-state index in [1.807, 2.05) is 85.8 Å². The first-order chi connectivity index (χ1) is 17.8. The monoisotopic (exact) mass is 512 g/mol. The number of nitrogens with zero attached hydrogens (tertiary/aromatic N) is 2. The van der Waals surface area contributed by atoms with Crippen molar-refractivity contribution >= 4 is 11.4 Å². The molecule has 0 aromatic heterocycles. The molecule has 0 unspecified atom stereocenters. The van der Waals surface area contributed by atoms with E-state index in [1.165, 1.54) is 44.5 Å². The molecule has 2 fully saturated rings. The van der Waals surface area contributed by atoms with Crippen LogP contribution in [0, 0.1) is 11.8 Å². The number of allylic oxidation sites excluding steroid dienone is 4. The standard InChI is InChI=1S/C19H27N3.C8H15N.3C2H6/c1-12(2)16(18(21)14-8-6-5-7-9-14)17(13(3)20)19(22-4)15-10-11-15;1-3-8(2)9-6-4-5-7-9;3*1-2/h5-9,12,15H,10-11,20-21H2,1-4H3;2-7H2,1H3;3*1-2H3/b17-13+,18-16-,22-19?;;;;. The van der Waals surface area contributed by atoms with Crippen molar-refractivity contribution in [1.82, 2.24) is 4.90 Å². The molecule has 0 atom stereocenters. The van der Waals surface area contributed by atoms with Gasteiger partial charge in [-0.3, -0.25) is 4.99 Å². The molecule has 212 valence electrons. The van der Waals surface area contributed by atoms with Crippen LogP contribution in [0.4, 0.5) is 0 Å². The van der Waals surface area contributed by atoms with E-state index in [0.717, 1.165) is 40.2 Å². The Hall–Kier alpha value is -2.49. The van der Waals surface area contributed by atoms with E-state index in [-0.39, 0.29) is 5.92 Å². The van der Waals surface area contributed by atoms with Crippen LogP contribution >= 0.6 is 0 Å². The average molecular weight is 513 g/mol. The summed E-state index contributed by atoms with van der Waals surface area (Å²) in [5.74, 6) is 0.819. The van der Waals surface area contributed by atoms with Gasteiger partial charge in [-0.1, -0.05) is 99.2 Å². The number of hydrogen-bond acceptors (Lipinski definition) is 4. The first-order valence-electron chi connectivity index (χ1n) is 14.7. The summed E-state index contributed by atoms with van der Waals surface area (Å²) in [4.78, 5) is 6.93. The summed E-state index contributed by atoms with van der Waals surface area (Å²) < 4.78 is 0. The Balaban J connectivity index is 0. The molecule has 1 aromatic carbocycles. The molecule has 4 N–H and O–H groups in total. The van der Waals surface area contributed by atoms with Crippen LogP contribution < -0.4 is 11.5 Å². The van der Waals surface area contributed by atoms with E-state index in [9.17, 15) is 0 Å². The van der Waals surface area contributed by atoms with E-state index in [2.05, 4.69) is 37.2 Å². The molecule has 1 aliphatic heterocycles. The summed E-state index contributed by atoms with van der Waals surface area (Å²) in [6, 6.07) is 10.1. The minimum absolute atomic E-state index is 0.282. The molecule has 0 radical (unpaired) electrons. The van der Waals surface area contributed by atoms with Crippen LogP contribution in [0.15, 0.2) is 64.4 Å². The molecule has 3 rings (SSSR count). The van der Waals surface area contributed by atoms with E-state index in [1.54, 1.807) is 0 Å². The van der Waals surface area contributed by atoms with E-state index >= 15 is 0 Å². The van der Waals surface area contributed by atoms with Gasteiger partial charge in [0.25, 0.3) is 0 Å². The first-order valence-corrected chi connectivity index (χ1v) is 14.7. The van der Waals surface area contributed by atoms with Crippen LogP contribution in [-0.2, 0) is 0 Å². The van der Waals surface area contributed by atoms with Crippen molar-refractivity contribution in [3.05, 3.63) is 65.0 Å². The maximum absolute atomic E-state index is 6.53. The molecule has 0 amide bonds. The topological polar surface area (TPSA) is 67.6 Å². The van der Waals surface area contributed by atoms with Crippen molar-refractivity contribution in [3.63, 3.8) is 0 Å². The minimum atomic E-state index is 0.282. The molecule has 1 saturated heterocycles. The molecule has 1 heterocycles. The third-order valence-corrected chi connectivity index (χ3v) is 6.04.